The van der Waals surface area contributed by atoms with E-state index < -0.39 is 0 Å². The predicted molar refractivity (Wildman–Crippen MR) is 135 cm³/mol. The van der Waals surface area contributed by atoms with Crippen molar-refractivity contribution in [3.8, 4) is 0 Å². The van der Waals surface area contributed by atoms with Crippen LogP contribution in [0.5, 0.6) is 0 Å². The molecule has 1 aromatic carbocycles. The van der Waals surface area contributed by atoms with Gasteiger partial charge in [0, 0.05) is 0 Å². The molecule has 0 heterocycles. The smallest absolute Gasteiger partial charge is 0.0162 e. The van der Waals surface area contributed by atoms with Gasteiger partial charge in [-0.15, -0.1) is 6.58 Å². The fourth-order valence-corrected chi connectivity index (χ4v) is 7.36. The summed E-state index contributed by atoms with van der Waals surface area (Å²) in [7, 11) is 0. The minimum Gasteiger partial charge on any atom is -0.103 e. The summed E-state index contributed by atoms with van der Waals surface area (Å²) in [5, 5.41) is 0. The Hall–Kier alpha value is -1.30. The van der Waals surface area contributed by atoms with Gasteiger partial charge >= 0.3 is 0 Å². The van der Waals surface area contributed by atoms with E-state index in [2.05, 4.69) is 49.9 Å². The van der Waals surface area contributed by atoms with Crippen LogP contribution in [0, 0.1) is 29.6 Å². The highest BCUT2D eigenvalue weighted by Crippen LogP contribution is 2.50. The highest BCUT2D eigenvalue weighted by Gasteiger charge is 2.38. The second-order valence-corrected chi connectivity index (χ2v) is 11.1. The summed E-state index contributed by atoms with van der Waals surface area (Å²) in [5.74, 6) is 6.04. The monoisotopic (exact) mass is 418 g/mol. The highest BCUT2D eigenvalue weighted by molar-refractivity contribution is 5.26. The molecule has 0 amide bonds. The largest absolute Gasteiger partial charge is 0.103 e. The second-order valence-electron chi connectivity index (χ2n) is 11.1. The van der Waals surface area contributed by atoms with Crippen molar-refractivity contribution < 1.29 is 0 Å². The molecule has 0 nitrogen and oxygen atoms in total. The summed E-state index contributed by atoms with van der Waals surface area (Å²) in [6.07, 6.45) is 26.7. The molecule has 4 rings (SSSR count). The van der Waals surface area contributed by atoms with E-state index in [0.29, 0.717) is 0 Å². The lowest BCUT2D eigenvalue weighted by Crippen LogP contribution is -2.34. The minimum absolute atomic E-state index is 0.814. The number of hydrogen-bond acceptors (Lipinski definition) is 0. The first-order valence-electron chi connectivity index (χ1n) is 13.6. The van der Waals surface area contributed by atoms with Crippen molar-refractivity contribution >= 4 is 0 Å². The zero-order chi connectivity index (χ0) is 21.5. The van der Waals surface area contributed by atoms with E-state index in [0.717, 1.165) is 48.3 Å². The molecule has 170 valence electrons. The summed E-state index contributed by atoms with van der Waals surface area (Å²) in [5.41, 5.74) is 3.06. The molecule has 0 spiro atoms. The number of rotatable bonds is 8. The van der Waals surface area contributed by atoms with E-state index in [1.54, 1.807) is 24.8 Å². The topological polar surface area (TPSA) is 0 Å². The van der Waals surface area contributed by atoms with E-state index in [-0.39, 0.29) is 0 Å². The van der Waals surface area contributed by atoms with E-state index in [1.165, 1.54) is 63.4 Å². The van der Waals surface area contributed by atoms with Crippen molar-refractivity contribution in [2.75, 3.05) is 0 Å². The number of aryl methyl sites for hydroxylation is 1. The molecule has 0 radical (unpaired) electrons. The third-order valence-corrected chi connectivity index (χ3v) is 9.27. The normalized spacial score (nSPS) is 33.8. The Morgan fingerprint density at radius 1 is 0.774 bits per heavy atom. The average Bonchev–Trinajstić information content (AvgIpc) is 2.83. The first-order chi connectivity index (χ1) is 15.3. The SMILES string of the molecule is C=CCCc1ccc(C2CCC(C3CCC4CC(CC/C=C/C)CCC4C3)CC2)cc1. The number of hydrogen-bond donors (Lipinski definition) is 0. The first kappa shape index (κ1) is 22.9. The molecule has 4 atom stereocenters. The van der Waals surface area contributed by atoms with E-state index in [9.17, 15) is 0 Å². The van der Waals surface area contributed by atoms with Crippen LogP contribution in [0.15, 0.2) is 49.1 Å². The lowest BCUT2D eigenvalue weighted by Gasteiger charge is -2.45. The molecule has 0 aromatic heterocycles. The quantitative estimate of drug-likeness (QED) is 0.369. The zero-order valence-corrected chi connectivity index (χ0v) is 20.1. The van der Waals surface area contributed by atoms with Gasteiger partial charge in [-0.1, -0.05) is 48.9 Å². The zero-order valence-electron chi connectivity index (χ0n) is 20.1. The Bertz CT molecular complexity index is 687. The molecular formula is C31H46. The third-order valence-electron chi connectivity index (χ3n) is 9.27. The van der Waals surface area contributed by atoms with Crippen LogP contribution in [0.25, 0.3) is 0 Å². The Labute approximate surface area is 192 Å². The molecule has 0 heteroatoms. The van der Waals surface area contributed by atoms with Gasteiger partial charge in [0.2, 0.25) is 0 Å². The highest BCUT2D eigenvalue weighted by atomic mass is 14.4. The lowest BCUT2D eigenvalue weighted by molar-refractivity contribution is 0.0621. The number of allylic oxidation sites excluding steroid dienone is 3. The molecule has 3 aliphatic carbocycles. The maximum atomic E-state index is 3.85. The van der Waals surface area contributed by atoms with E-state index >= 15 is 0 Å². The molecule has 0 saturated heterocycles. The summed E-state index contributed by atoms with van der Waals surface area (Å²) in [4.78, 5) is 0. The Morgan fingerprint density at radius 2 is 1.42 bits per heavy atom. The molecule has 0 bridgehead atoms. The summed E-state index contributed by atoms with van der Waals surface area (Å²) < 4.78 is 0. The van der Waals surface area contributed by atoms with Crippen molar-refractivity contribution in [1.29, 1.82) is 0 Å². The average molecular weight is 419 g/mol. The Balaban J connectivity index is 1.22. The van der Waals surface area contributed by atoms with Gasteiger partial charge in [0.05, 0.1) is 0 Å². The van der Waals surface area contributed by atoms with Crippen LogP contribution in [0.3, 0.4) is 0 Å². The summed E-state index contributed by atoms with van der Waals surface area (Å²) in [6, 6.07) is 9.56. The van der Waals surface area contributed by atoms with Crippen LogP contribution in [-0.2, 0) is 6.42 Å². The molecular weight excluding hydrogens is 372 g/mol. The maximum absolute atomic E-state index is 3.85. The fourth-order valence-electron chi connectivity index (χ4n) is 7.36. The first-order valence-corrected chi connectivity index (χ1v) is 13.6. The van der Waals surface area contributed by atoms with Crippen molar-refractivity contribution in [3.05, 3.63) is 60.2 Å². The third kappa shape index (κ3) is 6.15. The number of fused-ring (bicyclic) bond motifs is 1. The Morgan fingerprint density at radius 3 is 2.13 bits per heavy atom. The molecule has 3 saturated carbocycles. The van der Waals surface area contributed by atoms with Crippen LogP contribution in [0.4, 0.5) is 0 Å². The van der Waals surface area contributed by atoms with Gasteiger partial charge in [0.25, 0.3) is 0 Å². The molecule has 3 aliphatic rings. The van der Waals surface area contributed by atoms with Crippen LogP contribution in [0.1, 0.15) is 107 Å². The lowest BCUT2D eigenvalue weighted by atomic mass is 9.60. The minimum atomic E-state index is 0.814. The van der Waals surface area contributed by atoms with Crippen molar-refractivity contribution in [2.24, 2.45) is 29.6 Å². The molecule has 1 aromatic rings. The van der Waals surface area contributed by atoms with Crippen molar-refractivity contribution in [3.63, 3.8) is 0 Å². The molecule has 31 heavy (non-hydrogen) atoms. The van der Waals surface area contributed by atoms with Crippen molar-refractivity contribution in [1.82, 2.24) is 0 Å². The standard InChI is InChI=1S/C31H46/c1-3-5-7-9-25-12-15-31-23-30(21-20-29(31)22-25)28-18-16-27(17-19-28)26-13-10-24(11-14-26)8-6-4-2/h3-5,10-11,13-14,25,27-31H,2,6-9,12,15-23H2,1H3/b5-3+. The van der Waals surface area contributed by atoms with Gasteiger partial charge < -0.3 is 0 Å². The summed E-state index contributed by atoms with van der Waals surface area (Å²) >= 11 is 0. The fraction of sp³-hybridized carbons (Fsp3) is 0.677. The molecule has 4 unspecified atom stereocenters. The molecule has 0 aliphatic heterocycles. The van der Waals surface area contributed by atoms with Crippen molar-refractivity contribution in [2.45, 2.75) is 103 Å². The van der Waals surface area contributed by atoms with Gasteiger partial charge in [0.15, 0.2) is 0 Å². The summed E-state index contributed by atoms with van der Waals surface area (Å²) in [6.45, 7) is 6.01. The van der Waals surface area contributed by atoms with Gasteiger partial charge in [-0.05, 0) is 137 Å². The van der Waals surface area contributed by atoms with Gasteiger partial charge in [-0.2, -0.15) is 0 Å². The second kappa shape index (κ2) is 11.5. The number of benzene rings is 1. The van der Waals surface area contributed by atoms with E-state index in [1.807, 2.05) is 6.08 Å². The Kier molecular flexibility index (Phi) is 8.51. The van der Waals surface area contributed by atoms with Gasteiger partial charge in [-0.3, -0.25) is 0 Å². The van der Waals surface area contributed by atoms with Gasteiger partial charge in [0.1, 0.15) is 0 Å². The predicted octanol–water partition coefficient (Wildman–Crippen LogP) is 9.27. The van der Waals surface area contributed by atoms with E-state index in [4.69, 9.17) is 0 Å². The molecule has 0 N–H and O–H groups in total. The van der Waals surface area contributed by atoms with Crippen LogP contribution < -0.4 is 0 Å². The maximum Gasteiger partial charge on any atom is -0.0162 e. The van der Waals surface area contributed by atoms with Crippen LogP contribution in [0.2, 0.25) is 0 Å². The molecule has 3 fully saturated rings. The van der Waals surface area contributed by atoms with Gasteiger partial charge in [-0.25, -0.2) is 0 Å². The van der Waals surface area contributed by atoms with Crippen LogP contribution in [-0.4, -0.2) is 0 Å². The van der Waals surface area contributed by atoms with Crippen LogP contribution >= 0.6 is 0 Å².